The molecule has 3 rings (SSSR count). The van der Waals surface area contributed by atoms with E-state index in [1.54, 1.807) is 0 Å². The predicted molar refractivity (Wildman–Crippen MR) is 105 cm³/mol. The van der Waals surface area contributed by atoms with Crippen LogP contribution in [0.25, 0.3) is 6.08 Å². The van der Waals surface area contributed by atoms with Gasteiger partial charge in [-0.25, -0.2) is 4.39 Å². The zero-order chi connectivity index (χ0) is 20.5. The van der Waals surface area contributed by atoms with Crippen LogP contribution in [0.2, 0.25) is 0 Å². The summed E-state index contributed by atoms with van der Waals surface area (Å²) < 4.78 is 59.7. The number of halogens is 5. The summed E-state index contributed by atoms with van der Waals surface area (Å²) in [6.45, 7) is 0. The van der Waals surface area contributed by atoms with E-state index in [1.165, 1.54) is 18.2 Å². The number of rotatable bonds is 4. The molecule has 0 aromatic heterocycles. The van der Waals surface area contributed by atoms with E-state index in [9.17, 15) is 27.2 Å². The smallest absolute Gasteiger partial charge is 0.419 e. The molecule has 4 nitrogen and oxygen atoms in total. The van der Waals surface area contributed by atoms with Crippen LogP contribution in [0.5, 0.6) is 11.5 Å². The number of hydrogen-bond acceptors (Lipinski definition) is 4. The van der Waals surface area contributed by atoms with Gasteiger partial charge in [-0.05, 0) is 53.2 Å². The first kappa shape index (κ1) is 20.6. The number of thioether (sulfide) groups is 1. The summed E-state index contributed by atoms with van der Waals surface area (Å²) in [5, 5.41) is 1.53. The molecule has 0 aliphatic carbocycles. The Morgan fingerprint density at radius 1 is 1.11 bits per heavy atom. The van der Waals surface area contributed by atoms with E-state index < -0.39 is 40.2 Å². The molecule has 0 atom stereocenters. The molecule has 2 aromatic carbocycles. The summed E-state index contributed by atoms with van der Waals surface area (Å²) in [4.78, 5) is 22.7. The van der Waals surface area contributed by atoms with Gasteiger partial charge in [0.1, 0.15) is 5.75 Å². The Labute approximate surface area is 174 Å². The van der Waals surface area contributed by atoms with Gasteiger partial charge in [0.15, 0.2) is 11.6 Å². The molecular weight excluding hydrogens is 513 g/mol. The summed E-state index contributed by atoms with van der Waals surface area (Å²) in [5.41, 5.74) is -0.275. The van der Waals surface area contributed by atoms with Crippen LogP contribution in [-0.4, -0.2) is 11.1 Å². The van der Waals surface area contributed by atoms with E-state index in [4.69, 9.17) is 4.74 Å². The van der Waals surface area contributed by atoms with E-state index in [1.807, 2.05) is 22.6 Å². The highest BCUT2D eigenvalue weighted by Gasteiger charge is 2.35. The zero-order valence-corrected chi connectivity index (χ0v) is 16.7. The van der Waals surface area contributed by atoms with Gasteiger partial charge in [0, 0.05) is 4.43 Å². The minimum absolute atomic E-state index is 0.0896. The van der Waals surface area contributed by atoms with Crippen molar-refractivity contribution in [2.75, 3.05) is 0 Å². The van der Waals surface area contributed by atoms with Gasteiger partial charge >= 0.3 is 6.18 Å². The first-order valence-electron chi connectivity index (χ1n) is 7.65. The lowest BCUT2D eigenvalue weighted by Crippen LogP contribution is -2.17. The van der Waals surface area contributed by atoms with Crippen molar-refractivity contribution in [1.29, 1.82) is 0 Å². The van der Waals surface area contributed by atoms with Gasteiger partial charge in [0.05, 0.1) is 10.5 Å². The molecule has 1 fully saturated rings. The van der Waals surface area contributed by atoms with Gasteiger partial charge in [0.25, 0.3) is 11.1 Å². The molecule has 1 N–H and O–H groups in total. The number of benzene rings is 2. The van der Waals surface area contributed by atoms with Crippen LogP contribution < -0.4 is 10.1 Å². The standard InChI is InChI=1S/C18H10F4INO3S/c19-12-6-9(7-15-16(25)24-17(26)28-15)1-4-14(12)27-13-3-2-10(8-23)5-11(13)18(20,21)22/h1-7H,8H2,(H,24,25,26)/b15-7-. The van der Waals surface area contributed by atoms with E-state index >= 15 is 0 Å². The highest BCUT2D eigenvalue weighted by molar-refractivity contribution is 14.1. The fourth-order valence-corrected chi connectivity index (χ4v) is 3.51. The molecule has 28 heavy (non-hydrogen) atoms. The van der Waals surface area contributed by atoms with Crippen molar-refractivity contribution in [3.05, 3.63) is 63.8 Å². The van der Waals surface area contributed by atoms with Crippen LogP contribution >= 0.6 is 34.4 Å². The number of hydrogen-bond donors (Lipinski definition) is 1. The van der Waals surface area contributed by atoms with E-state index in [0.29, 0.717) is 21.8 Å². The quantitative estimate of drug-likeness (QED) is 0.235. The molecular formula is C18H10F4INO3S. The molecule has 146 valence electrons. The first-order valence-corrected chi connectivity index (χ1v) is 10.00. The Hall–Kier alpha value is -2.08. The van der Waals surface area contributed by atoms with Crippen molar-refractivity contribution in [2.45, 2.75) is 10.6 Å². The van der Waals surface area contributed by atoms with Gasteiger partial charge in [-0.2, -0.15) is 13.2 Å². The van der Waals surface area contributed by atoms with E-state index in [2.05, 4.69) is 5.32 Å². The summed E-state index contributed by atoms with van der Waals surface area (Å²) in [5.74, 6) is -2.41. The zero-order valence-electron chi connectivity index (χ0n) is 13.8. The number of carbonyl (C=O) groups excluding carboxylic acids is 2. The molecule has 0 saturated carbocycles. The first-order chi connectivity index (χ1) is 13.2. The van der Waals surface area contributed by atoms with Gasteiger partial charge in [-0.1, -0.05) is 34.7 Å². The Balaban J connectivity index is 1.89. The summed E-state index contributed by atoms with van der Waals surface area (Å²) in [7, 11) is 0. The number of ether oxygens (including phenoxy) is 1. The second-order valence-electron chi connectivity index (χ2n) is 5.61. The molecule has 1 aliphatic heterocycles. The van der Waals surface area contributed by atoms with Gasteiger partial charge in [-0.3, -0.25) is 14.9 Å². The molecule has 0 unspecified atom stereocenters. The minimum atomic E-state index is -4.66. The third-order valence-corrected chi connectivity index (χ3v) is 5.31. The van der Waals surface area contributed by atoms with Gasteiger partial charge < -0.3 is 4.74 Å². The largest absolute Gasteiger partial charge is 0.454 e. The molecule has 10 heteroatoms. The lowest BCUT2D eigenvalue weighted by Gasteiger charge is -2.15. The van der Waals surface area contributed by atoms with Crippen LogP contribution in [0.15, 0.2) is 41.3 Å². The average molecular weight is 523 g/mol. The average Bonchev–Trinajstić information content (AvgIpc) is 2.93. The molecule has 2 amide bonds. The van der Waals surface area contributed by atoms with Gasteiger partial charge in [0.2, 0.25) is 0 Å². The second-order valence-corrected chi connectivity index (χ2v) is 7.38. The Bertz CT molecular complexity index is 991. The van der Waals surface area contributed by atoms with Crippen molar-refractivity contribution in [1.82, 2.24) is 5.32 Å². The minimum Gasteiger partial charge on any atom is -0.454 e. The molecule has 0 bridgehead atoms. The maximum absolute atomic E-state index is 14.3. The monoisotopic (exact) mass is 523 g/mol. The summed E-state index contributed by atoms with van der Waals surface area (Å²) in [6, 6.07) is 7.12. The van der Waals surface area contributed by atoms with E-state index in [0.717, 1.165) is 24.3 Å². The molecule has 1 aliphatic rings. The van der Waals surface area contributed by atoms with Crippen molar-refractivity contribution in [3.8, 4) is 11.5 Å². The molecule has 0 spiro atoms. The van der Waals surface area contributed by atoms with Crippen molar-refractivity contribution in [2.24, 2.45) is 0 Å². The second kappa shape index (κ2) is 8.11. The lowest BCUT2D eigenvalue weighted by molar-refractivity contribution is -0.138. The fourth-order valence-electron chi connectivity index (χ4n) is 2.35. The predicted octanol–water partition coefficient (Wildman–Crippen LogP) is 5.90. The highest BCUT2D eigenvalue weighted by Crippen LogP contribution is 2.39. The van der Waals surface area contributed by atoms with Crippen LogP contribution in [0.1, 0.15) is 16.7 Å². The topological polar surface area (TPSA) is 55.4 Å². The molecule has 2 aromatic rings. The number of nitrogens with one attached hydrogen (secondary N) is 1. The number of alkyl halides is 4. The molecule has 1 saturated heterocycles. The van der Waals surface area contributed by atoms with Crippen LogP contribution in [-0.2, 0) is 15.4 Å². The summed E-state index contributed by atoms with van der Waals surface area (Å²) in [6.07, 6.45) is -3.36. The maximum atomic E-state index is 14.3. The maximum Gasteiger partial charge on any atom is 0.419 e. The number of imide groups is 1. The third kappa shape index (κ3) is 4.66. The van der Waals surface area contributed by atoms with Crippen molar-refractivity contribution < 1.29 is 31.9 Å². The Morgan fingerprint density at radius 2 is 1.82 bits per heavy atom. The van der Waals surface area contributed by atoms with Crippen LogP contribution in [0.4, 0.5) is 22.4 Å². The Kier molecular flexibility index (Phi) is 5.98. The summed E-state index contributed by atoms with van der Waals surface area (Å²) >= 11 is 2.61. The number of amides is 2. The molecule has 0 radical (unpaired) electrons. The van der Waals surface area contributed by atoms with Crippen LogP contribution in [0.3, 0.4) is 0 Å². The number of carbonyl (C=O) groups is 2. The fraction of sp³-hybridized carbons (Fsp3) is 0.111. The van der Waals surface area contributed by atoms with Crippen LogP contribution in [0, 0.1) is 5.82 Å². The van der Waals surface area contributed by atoms with Crippen molar-refractivity contribution >= 4 is 51.6 Å². The third-order valence-electron chi connectivity index (χ3n) is 3.62. The Morgan fingerprint density at radius 3 is 2.39 bits per heavy atom. The molecule has 1 heterocycles. The SMILES string of the molecule is O=C1NC(=O)/C(=C/c2ccc(Oc3ccc(CI)cc3C(F)(F)F)c(F)c2)S1. The highest BCUT2D eigenvalue weighted by atomic mass is 127. The van der Waals surface area contributed by atoms with E-state index in [-0.39, 0.29) is 10.5 Å². The lowest BCUT2D eigenvalue weighted by atomic mass is 10.1. The normalized spacial score (nSPS) is 15.8. The van der Waals surface area contributed by atoms with Gasteiger partial charge in [-0.15, -0.1) is 0 Å². The van der Waals surface area contributed by atoms with Crippen molar-refractivity contribution in [3.63, 3.8) is 0 Å².